The molecule has 0 aliphatic carbocycles. The second kappa shape index (κ2) is 11.4. The van der Waals surface area contributed by atoms with E-state index < -0.39 is 11.9 Å². The molecule has 2 heterocycles. The van der Waals surface area contributed by atoms with E-state index in [0.717, 1.165) is 18.7 Å². The van der Waals surface area contributed by atoms with Crippen LogP contribution in [0.3, 0.4) is 0 Å². The number of hydrogen-bond donors (Lipinski definition) is 3. The molecule has 1 unspecified atom stereocenters. The van der Waals surface area contributed by atoms with Crippen LogP contribution >= 0.6 is 24.0 Å². The highest BCUT2D eigenvalue weighted by atomic mass is 127. The molecule has 0 bridgehead atoms. The van der Waals surface area contributed by atoms with E-state index in [1.54, 1.807) is 7.05 Å². The van der Waals surface area contributed by atoms with Gasteiger partial charge < -0.3 is 20.9 Å². The van der Waals surface area contributed by atoms with Crippen molar-refractivity contribution in [3.05, 3.63) is 18.0 Å². The molecule has 0 radical (unpaired) electrons. The summed E-state index contributed by atoms with van der Waals surface area (Å²) in [4.78, 5) is 25.2. The number of nitrogens with one attached hydrogen (secondary N) is 3. The Balaban J connectivity index is 0.00000420. The van der Waals surface area contributed by atoms with Crippen LogP contribution in [-0.4, -0.2) is 66.0 Å². The third-order valence-electron chi connectivity index (χ3n) is 4.20. The molecule has 2 rings (SSSR count). The molecule has 0 spiro atoms. The molecular weight excluding hydrogens is 502 g/mol. The van der Waals surface area contributed by atoms with Gasteiger partial charge in [0.05, 0.1) is 0 Å². The fraction of sp³-hybridized carbons (Fsp3) is 0.647. The van der Waals surface area contributed by atoms with Crippen molar-refractivity contribution < 1.29 is 18.0 Å². The van der Waals surface area contributed by atoms with Gasteiger partial charge >= 0.3 is 6.18 Å². The van der Waals surface area contributed by atoms with Crippen LogP contribution in [0, 0.1) is 5.92 Å². The maximum absolute atomic E-state index is 12.6. The Kier molecular flexibility index (Phi) is 9.86. The number of anilines is 1. The molecule has 29 heavy (non-hydrogen) atoms. The molecule has 0 aromatic carbocycles. The van der Waals surface area contributed by atoms with Gasteiger partial charge in [0.2, 0.25) is 11.9 Å². The summed E-state index contributed by atoms with van der Waals surface area (Å²) in [5.74, 6) is 0.590. The zero-order chi connectivity index (χ0) is 20.7. The van der Waals surface area contributed by atoms with Crippen LogP contribution in [0.15, 0.2) is 17.3 Å². The Hall–Kier alpha value is -1.86. The maximum Gasteiger partial charge on any atom is 0.433 e. The zero-order valence-corrected chi connectivity index (χ0v) is 18.9. The summed E-state index contributed by atoms with van der Waals surface area (Å²) < 4.78 is 37.9. The first-order valence-electron chi connectivity index (χ1n) is 9.10. The number of amides is 1. The first-order chi connectivity index (χ1) is 13.2. The fourth-order valence-corrected chi connectivity index (χ4v) is 2.79. The van der Waals surface area contributed by atoms with E-state index >= 15 is 0 Å². The van der Waals surface area contributed by atoms with Crippen molar-refractivity contribution in [1.29, 1.82) is 0 Å². The number of aliphatic imine (C=N–C) groups is 1. The number of alkyl halides is 3. The average molecular weight is 529 g/mol. The van der Waals surface area contributed by atoms with Gasteiger partial charge in [-0.2, -0.15) is 13.2 Å². The number of guanidine groups is 1. The number of halogens is 4. The second-order valence-electron chi connectivity index (χ2n) is 6.76. The van der Waals surface area contributed by atoms with Crippen LogP contribution in [0.2, 0.25) is 0 Å². The summed E-state index contributed by atoms with van der Waals surface area (Å²) >= 11 is 0. The lowest BCUT2D eigenvalue weighted by atomic mass is 10.2. The van der Waals surface area contributed by atoms with Crippen molar-refractivity contribution in [3.8, 4) is 0 Å². The molecule has 1 saturated heterocycles. The lowest BCUT2D eigenvalue weighted by Crippen LogP contribution is -2.46. The smallest absolute Gasteiger partial charge is 0.355 e. The highest BCUT2D eigenvalue weighted by molar-refractivity contribution is 14.0. The minimum absolute atomic E-state index is 0. The molecular formula is C17H27F3IN7O. The van der Waals surface area contributed by atoms with E-state index in [1.807, 2.05) is 18.7 Å². The van der Waals surface area contributed by atoms with E-state index in [4.69, 9.17) is 0 Å². The van der Waals surface area contributed by atoms with E-state index in [9.17, 15) is 18.0 Å². The Bertz CT molecular complexity index is 700. The summed E-state index contributed by atoms with van der Waals surface area (Å²) in [7, 11) is 1.63. The molecule has 1 aromatic rings. The van der Waals surface area contributed by atoms with Crippen LogP contribution in [0.25, 0.3) is 0 Å². The van der Waals surface area contributed by atoms with E-state index in [-0.39, 0.29) is 47.8 Å². The van der Waals surface area contributed by atoms with Gasteiger partial charge in [-0.1, -0.05) is 13.8 Å². The maximum atomic E-state index is 12.6. The van der Waals surface area contributed by atoms with Crippen molar-refractivity contribution in [2.24, 2.45) is 10.9 Å². The van der Waals surface area contributed by atoms with Gasteiger partial charge in [-0.3, -0.25) is 9.79 Å². The summed E-state index contributed by atoms with van der Waals surface area (Å²) in [6.07, 6.45) is -2.61. The highest BCUT2D eigenvalue weighted by Crippen LogP contribution is 2.27. The van der Waals surface area contributed by atoms with Crippen LogP contribution < -0.4 is 16.0 Å². The Morgan fingerprint density at radius 3 is 2.72 bits per heavy atom. The molecule has 8 nitrogen and oxygen atoms in total. The predicted octanol–water partition coefficient (Wildman–Crippen LogP) is 1.95. The molecule has 12 heteroatoms. The summed E-state index contributed by atoms with van der Waals surface area (Å²) in [6.45, 7) is 5.80. The van der Waals surface area contributed by atoms with Gasteiger partial charge in [-0.05, 0) is 12.5 Å². The molecule has 1 aliphatic rings. The van der Waals surface area contributed by atoms with Crippen LogP contribution in [0.4, 0.5) is 19.1 Å². The minimum atomic E-state index is -4.50. The Morgan fingerprint density at radius 2 is 2.10 bits per heavy atom. The zero-order valence-electron chi connectivity index (χ0n) is 16.6. The summed E-state index contributed by atoms with van der Waals surface area (Å²) in [5, 5.41) is 9.07. The topological polar surface area (TPSA) is 94.5 Å². The first kappa shape index (κ1) is 25.2. The Morgan fingerprint density at radius 1 is 1.38 bits per heavy atom. The first-order valence-corrected chi connectivity index (χ1v) is 9.10. The van der Waals surface area contributed by atoms with Crippen molar-refractivity contribution in [2.45, 2.75) is 32.5 Å². The molecule has 1 aliphatic heterocycles. The number of carbonyl (C=O) groups excluding carboxylic acids is 1. The molecule has 1 fully saturated rings. The molecule has 3 N–H and O–H groups in total. The minimum Gasteiger partial charge on any atom is -0.355 e. The molecule has 1 atom stereocenters. The summed E-state index contributed by atoms with van der Waals surface area (Å²) in [5.41, 5.74) is -0.989. The summed E-state index contributed by atoms with van der Waals surface area (Å²) in [6, 6.07) is 0.929. The lowest BCUT2D eigenvalue weighted by molar-refractivity contribution is -0.141. The van der Waals surface area contributed by atoms with Gasteiger partial charge in [0.15, 0.2) is 5.96 Å². The highest BCUT2D eigenvalue weighted by Gasteiger charge is 2.32. The largest absolute Gasteiger partial charge is 0.433 e. The van der Waals surface area contributed by atoms with Crippen molar-refractivity contribution in [2.75, 3.05) is 38.5 Å². The van der Waals surface area contributed by atoms with Crippen LogP contribution in [0.1, 0.15) is 26.0 Å². The van der Waals surface area contributed by atoms with Crippen LogP contribution in [0.5, 0.6) is 0 Å². The molecule has 1 amide bonds. The number of carbonyl (C=O) groups is 1. The molecule has 0 saturated carbocycles. The van der Waals surface area contributed by atoms with Gasteiger partial charge in [0, 0.05) is 51.4 Å². The van der Waals surface area contributed by atoms with E-state index in [0.29, 0.717) is 32.1 Å². The van der Waals surface area contributed by atoms with Crippen molar-refractivity contribution >= 4 is 41.8 Å². The number of nitrogens with zero attached hydrogens (tertiary/aromatic N) is 4. The number of likely N-dealkylation sites (tertiary alicyclic amines) is 1. The number of rotatable bonds is 6. The van der Waals surface area contributed by atoms with Crippen LogP contribution in [-0.2, 0) is 11.0 Å². The van der Waals surface area contributed by atoms with Gasteiger partial charge in [-0.15, -0.1) is 24.0 Å². The normalized spacial score (nSPS) is 17.1. The molecule has 1 aromatic heterocycles. The SMILES string of the molecule is CN=C(NCCNc1nccc(C(F)(F)F)n1)NC1CCN(C(=O)C(C)C)C1.I. The van der Waals surface area contributed by atoms with Crippen molar-refractivity contribution in [1.82, 2.24) is 25.5 Å². The Labute approximate surface area is 185 Å². The monoisotopic (exact) mass is 529 g/mol. The number of aromatic nitrogens is 2. The number of hydrogen-bond acceptors (Lipinski definition) is 5. The quantitative estimate of drug-likeness (QED) is 0.226. The fourth-order valence-electron chi connectivity index (χ4n) is 2.79. The van der Waals surface area contributed by atoms with E-state index in [2.05, 4.69) is 30.9 Å². The average Bonchev–Trinajstić information content (AvgIpc) is 3.11. The van der Waals surface area contributed by atoms with Crippen molar-refractivity contribution in [3.63, 3.8) is 0 Å². The van der Waals surface area contributed by atoms with Gasteiger partial charge in [0.1, 0.15) is 5.69 Å². The second-order valence-corrected chi connectivity index (χ2v) is 6.76. The van der Waals surface area contributed by atoms with Gasteiger partial charge in [-0.25, -0.2) is 9.97 Å². The standard InChI is InChI=1S/C17H26F3N7O.HI/c1-11(2)14(28)27-9-5-12(10-27)25-15(21-3)23-7-8-24-16-22-6-4-13(26-16)17(18,19)20;/h4,6,11-12H,5,7-10H2,1-3H3,(H2,21,23,25)(H,22,24,26);1H. The third-order valence-corrected chi connectivity index (χ3v) is 4.20. The predicted molar refractivity (Wildman–Crippen MR) is 115 cm³/mol. The van der Waals surface area contributed by atoms with Gasteiger partial charge in [0.25, 0.3) is 0 Å². The molecule has 164 valence electrons. The lowest BCUT2D eigenvalue weighted by Gasteiger charge is -2.20. The van der Waals surface area contributed by atoms with E-state index in [1.165, 1.54) is 0 Å². The third kappa shape index (κ3) is 7.82.